The third-order valence-corrected chi connectivity index (χ3v) is 5.36. The van der Waals surface area contributed by atoms with Crippen LogP contribution < -0.4 is 15.7 Å². The zero-order valence-corrected chi connectivity index (χ0v) is 13.0. The number of nitrogens with one attached hydrogen (secondary N) is 2. The Morgan fingerprint density at radius 3 is 2.86 bits per heavy atom. The molecule has 0 bridgehead atoms. The number of hydrogen-bond donors (Lipinski definition) is 2. The van der Waals surface area contributed by atoms with E-state index in [0.717, 1.165) is 19.4 Å². The first kappa shape index (κ1) is 15.2. The molecule has 7 heteroatoms. The monoisotopic (exact) mass is 322 g/mol. The first-order chi connectivity index (χ1) is 10.4. The summed E-state index contributed by atoms with van der Waals surface area (Å²) in [7, 11) is -3.58. The van der Waals surface area contributed by atoms with Gasteiger partial charge in [-0.05, 0) is 50.6 Å². The Morgan fingerprint density at radius 2 is 2.09 bits per heavy atom. The van der Waals surface area contributed by atoms with Gasteiger partial charge in [0.15, 0.2) is 0 Å². The van der Waals surface area contributed by atoms with Crippen molar-refractivity contribution in [3.8, 4) is 0 Å². The third kappa shape index (κ3) is 3.21. The van der Waals surface area contributed by atoms with Gasteiger partial charge < -0.3 is 9.73 Å². The predicted octanol–water partition coefficient (Wildman–Crippen LogP) is 1.21. The molecule has 0 amide bonds. The van der Waals surface area contributed by atoms with Gasteiger partial charge in [0.1, 0.15) is 5.58 Å². The van der Waals surface area contributed by atoms with E-state index in [0.29, 0.717) is 17.0 Å². The van der Waals surface area contributed by atoms with E-state index in [1.165, 1.54) is 24.3 Å². The number of piperidine rings is 1. The second kappa shape index (κ2) is 5.83. The van der Waals surface area contributed by atoms with E-state index < -0.39 is 15.6 Å². The molecule has 1 aliphatic heterocycles. The number of fused-ring (bicyclic) bond motifs is 1. The Labute approximate surface area is 128 Å². The largest absolute Gasteiger partial charge is 0.423 e. The fourth-order valence-corrected chi connectivity index (χ4v) is 4.06. The Balaban J connectivity index is 1.88. The summed E-state index contributed by atoms with van der Waals surface area (Å²) in [5, 5.41) is 3.87. The Hall–Kier alpha value is -1.70. The highest BCUT2D eigenvalue weighted by Gasteiger charge is 2.24. The van der Waals surface area contributed by atoms with Crippen LogP contribution >= 0.6 is 0 Å². The second-order valence-corrected chi connectivity index (χ2v) is 7.37. The van der Waals surface area contributed by atoms with Gasteiger partial charge in [-0.1, -0.05) is 0 Å². The summed E-state index contributed by atoms with van der Waals surface area (Å²) in [5.74, 6) is 0. The van der Waals surface area contributed by atoms with Gasteiger partial charge >= 0.3 is 5.63 Å². The number of sulfonamides is 1. The molecule has 2 aromatic rings. The Bertz CT molecular complexity index is 844. The highest BCUT2D eigenvalue weighted by Crippen LogP contribution is 2.19. The molecule has 6 nitrogen and oxygen atoms in total. The molecule has 1 fully saturated rings. The number of benzene rings is 1. The lowest BCUT2D eigenvalue weighted by molar-refractivity contribution is 0.361. The molecule has 0 radical (unpaired) electrons. The zero-order valence-electron chi connectivity index (χ0n) is 12.2. The van der Waals surface area contributed by atoms with Crippen LogP contribution in [-0.4, -0.2) is 27.0 Å². The molecule has 2 heterocycles. The minimum Gasteiger partial charge on any atom is -0.423 e. The molecular formula is C15H18N2O4S. The normalized spacial score (nSPS) is 22.8. The van der Waals surface area contributed by atoms with Crippen LogP contribution in [0.5, 0.6) is 0 Å². The van der Waals surface area contributed by atoms with Crippen LogP contribution in [0.4, 0.5) is 0 Å². The average molecular weight is 322 g/mol. The smallest absolute Gasteiger partial charge is 0.336 e. The fraction of sp³-hybridized carbons (Fsp3) is 0.400. The molecule has 118 valence electrons. The molecule has 0 aliphatic carbocycles. The van der Waals surface area contributed by atoms with E-state index in [-0.39, 0.29) is 10.9 Å². The summed E-state index contributed by atoms with van der Waals surface area (Å²) < 4.78 is 32.8. The summed E-state index contributed by atoms with van der Waals surface area (Å²) in [6, 6.07) is 7.56. The molecule has 22 heavy (non-hydrogen) atoms. The number of hydrogen-bond acceptors (Lipinski definition) is 5. The first-order valence-electron chi connectivity index (χ1n) is 7.24. The maximum Gasteiger partial charge on any atom is 0.336 e. The van der Waals surface area contributed by atoms with Crippen molar-refractivity contribution in [3.63, 3.8) is 0 Å². The van der Waals surface area contributed by atoms with E-state index in [9.17, 15) is 13.2 Å². The topological polar surface area (TPSA) is 88.4 Å². The predicted molar refractivity (Wildman–Crippen MR) is 83.3 cm³/mol. The molecule has 0 spiro atoms. The van der Waals surface area contributed by atoms with Crippen molar-refractivity contribution in [3.05, 3.63) is 40.8 Å². The average Bonchev–Trinajstić information content (AvgIpc) is 2.46. The minimum atomic E-state index is -3.58. The highest BCUT2D eigenvalue weighted by molar-refractivity contribution is 7.89. The van der Waals surface area contributed by atoms with E-state index in [2.05, 4.69) is 10.0 Å². The molecule has 2 unspecified atom stereocenters. The van der Waals surface area contributed by atoms with Gasteiger partial charge in [-0.15, -0.1) is 0 Å². The standard InChI is InChI=1S/C15H18N2O4S/c1-10-8-12(6-7-16-10)17-22(19,20)13-3-4-14-11(9-13)2-5-15(18)21-14/h2-5,9-10,12,16-17H,6-8H2,1H3. The number of rotatable bonds is 3. The van der Waals surface area contributed by atoms with Crippen LogP contribution in [0.2, 0.25) is 0 Å². The Kier molecular flexibility index (Phi) is 4.03. The van der Waals surface area contributed by atoms with Crippen molar-refractivity contribution in [1.29, 1.82) is 0 Å². The van der Waals surface area contributed by atoms with Gasteiger partial charge in [0.05, 0.1) is 4.90 Å². The van der Waals surface area contributed by atoms with Gasteiger partial charge in [-0.25, -0.2) is 17.9 Å². The lowest BCUT2D eigenvalue weighted by Crippen LogP contribution is -2.46. The molecule has 2 atom stereocenters. The summed E-state index contributed by atoms with van der Waals surface area (Å²) in [4.78, 5) is 11.3. The van der Waals surface area contributed by atoms with E-state index in [4.69, 9.17) is 4.42 Å². The van der Waals surface area contributed by atoms with Crippen molar-refractivity contribution in [1.82, 2.24) is 10.0 Å². The summed E-state index contributed by atoms with van der Waals surface area (Å²) in [5.41, 5.74) is -0.0770. The maximum atomic E-state index is 12.5. The van der Waals surface area contributed by atoms with Crippen LogP contribution in [0.1, 0.15) is 19.8 Å². The SMILES string of the molecule is CC1CC(NS(=O)(=O)c2ccc3oc(=O)ccc3c2)CCN1. The Morgan fingerprint density at radius 1 is 1.27 bits per heavy atom. The molecule has 1 aliphatic rings. The van der Waals surface area contributed by atoms with Crippen LogP contribution in [0.15, 0.2) is 44.4 Å². The zero-order chi connectivity index (χ0) is 15.7. The van der Waals surface area contributed by atoms with Gasteiger partial charge in [0.2, 0.25) is 10.0 Å². The van der Waals surface area contributed by atoms with Crippen LogP contribution in [-0.2, 0) is 10.0 Å². The summed E-state index contributed by atoms with van der Waals surface area (Å²) >= 11 is 0. The van der Waals surface area contributed by atoms with Crippen molar-refractivity contribution < 1.29 is 12.8 Å². The van der Waals surface area contributed by atoms with E-state index >= 15 is 0 Å². The fourth-order valence-electron chi connectivity index (χ4n) is 2.74. The summed E-state index contributed by atoms with van der Waals surface area (Å²) in [6.45, 7) is 2.84. The highest BCUT2D eigenvalue weighted by atomic mass is 32.2. The van der Waals surface area contributed by atoms with Crippen molar-refractivity contribution in [2.45, 2.75) is 36.7 Å². The van der Waals surface area contributed by atoms with Crippen molar-refractivity contribution in [2.75, 3.05) is 6.54 Å². The van der Waals surface area contributed by atoms with E-state index in [1.54, 1.807) is 6.07 Å². The quantitative estimate of drug-likeness (QED) is 0.829. The molecular weight excluding hydrogens is 304 g/mol. The molecule has 1 aromatic heterocycles. The van der Waals surface area contributed by atoms with Crippen LogP contribution in [0.25, 0.3) is 11.0 Å². The molecule has 2 N–H and O–H groups in total. The van der Waals surface area contributed by atoms with Crippen molar-refractivity contribution in [2.24, 2.45) is 0 Å². The molecule has 1 aromatic carbocycles. The lowest BCUT2D eigenvalue weighted by Gasteiger charge is -2.28. The van der Waals surface area contributed by atoms with Crippen LogP contribution in [0, 0.1) is 0 Å². The van der Waals surface area contributed by atoms with Gasteiger partial charge in [0.25, 0.3) is 0 Å². The van der Waals surface area contributed by atoms with Gasteiger partial charge in [-0.2, -0.15) is 0 Å². The van der Waals surface area contributed by atoms with Gasteiger partial charge in [-0.3, -0.25) is 0 Å². The lowest BCUT2D eigenvalue weighted by atomic mass is 10.0. The second-order valence-electron chi connectivity index (χ2n) is 5.65. The van der Waals surface area contributed by atoms with Crippen molar-refractivity contribution >= 4 is 21.0 Å². The van der Waals surface area contributed by atoms with E-state index in [1.807, 2.05) is 6.92 Å². The van der Waals surface area contributed by atoms with Crippen LogP contribution in [0.3, 0.4) is 0 Å². The minimum absolute atomic E-state index is 0.0642. The molecule has 3 rings (SSSR count). The third-order valence-electron chi connectivity index (χ3n) is 3.85. The maximum absolute atomic E-state index is 12.5. The van der Waals surface area contributed by atoms with Gasteiger partial charge in [0, 0.05) is 23.5 Å². The summed E-state index contributed by atoms with van der Waals surface area (Å²) in [6.07, 6.45) is 1.54. The molecule has 0 saturated carbocycles. The first-order valence-corrected chi connectivity index (χ1v) is 8.72. The molecule has 1 saturated heterocycles.